The summed E-state index contributed by atoms with van der Waals surface area (Å²) in [5, 5.41) is 0. The van der Waals surface area contributed by atoms with Crippen molar-refractivity contribution in [3.05, 3.63) is 42.9 Å². The lowest BCUT2D eigenvalue weighted by Gasteiger charge is -1.92. The number of hydrogen-bond donors (Lipinski definition) is 0. The van der Waals surface area contributed by atoms with Crippen LogP contribution in [-0.2, 0) is 0 Å². The molecule has 0 atom stereocenters. The molecule has 71 valence electrons. The van der Waals surface area contributed by atoms with E-state index < -0.39 is 0 Å². The van der Waals surface area contributed by atoms with Crippen LogP contribution in [0.3, 0.4) is 0 Å². The Balaban J connectivity index is 2.28. The predicted octanol–water partition coefficient (Wildman–Crippen LogP) is 4.21. The van der Waals surface area contributed by atoms with Crippen molar-refractivity contribution < 1.29 is 0 Å². The minimum Gasteiger partial charge on any atom is -0.0885 e. The zero-order valence-electron chi connectivity index (χ0n) is 8.28. The van der Waals surface area contributed by atoms with Crippen LogP contribution < -0.4 is 0 Å². The third-order valence-corrected chi connectivity index (χ3v) is 2.13. The van der Waals surface area contributed by atoms with Gasteiger partial charge in [-0.2, -0.15) is 0 Å². The first kappa shape index (κ1) is 10.3. The zero-order chi connectivity index (χ0) is 9.19. The molecular formula is C13H19. The van der Waals surface area contributed by atoms with Crippen molar-refractivity contribution in [1.29, 1.82) is 0 Å². The molecule has 13 heavy (non-hydrogen) atoms. The summed E-state index contributed by atoms with van der Waals surface area (Å²) in [5.74, 6) is 0. The first-order chi connectivity index (χ1) is 6.50. The first-order valence-corrected chi connectivity index (χ1v) is 5.28. The maximum Gasteiger partial charge on any atom is -0.0319 e. The highest BCUT2D eigenvalue weighted by molar-refractivity contribution is 5.03. The van der Waals surface area contributed by atoms with Gasteiger partial charge >= 0.3 is 0 Å². The van der Waals surface area contributed by atoms with Crippen molar-refractivity contribution >= 4 is 0 Å². The van der Waals surface area contributed by atoms with Crippen LogP contribution in [-0.4, -0.2) is 0 Å². The number of allylic oxidation sites excluding steroid dienone is 6. The van der Waals surface area contributed by atoms with Gasteiger partial charge in [-0.25, -0.2) is 0 Å². The summed E-state index contributed by atoms with van der Waals surface area (Å²) in [5.41, 5.74) is 0. The third kappa shape index (κ3) is 6.39. The fraction of sp³-hybridized carbons (Fsp3) is 0.462. The van der Waals surface area contributed by atoms with Gasteiger partial charge < -0.3 is 0 Å². The topological polar surface area (TPSA) is 0 Å². The summed E-state index contributed by atoms with van der Waals surface area (Å²) in [6.07, 6.45) is 23.0. The van der Waals surface area contributed by atoms with Crippen LogP contribution in [0.15, 0.2) is 36.5 Å². The lowest BCUT2D eigenvalue weighted by molar-refractivity contribution is 0.863. The SMILES string of the molecule is [CH]1C/C=C\CCC/C=C/C=C\CC1. The van der Waals surface area contributed by atoms with Gasteiger partial charge in [-0.1, -0.05) is 36.5 Å². The minimum absolute atomic E-state index is 1.14. The van der Waals surface area contributed by atoms with Gasteiger partial charge in [0.25, 0.3) is 0 Å². The summed E-state index contributed by atoms with van der Waals surface area (Å²) >= 11 is 0. The van der Waals surface area contributed by atoms with Crippen LogP contribution in [0.5, 0.6) is 0 Å². The molecule has 0 saturated carbocycles. The van der Waals surface area contributed by atoms with E-state index in [1.165, 1.54) is 32.1 Å². The van der Waals surface area contributed by atoms with Crippen molar-refractivity contribution in [2.75, 3.05) is 0 Å². The van der Waals surface area contributed by atoms with E-state index in [0.717, 1.165) is 6.42 Å². The van der Waals surface area contributed by atoms with E-state index in [1.54, 1.807) is 0 Å². The maximum absolute atomic E-state index is 2.35. The van der Waals surface area contributed by atoms with Crippen LogP contribution in [0.4, 0.5) is 0 Å². The van der Waals surface area contributed by atoms with Crippen LogP contribution in [0.1, 0.15) is 38.5 Å². The van der Waals surface area contributed by atoms with Gasteiger partial charge in [0.2, 0.25) is 0 Å². The minimum atomic E-state index is 1.14. The van der Waals surface area contributed by atoms with E-state index in [0.29, 0.717) is 0 Å². The Morgan fingerprint density at radius 2 is 1.38 bits per heavy atom. The van der Waals surface area contributed by atoms with Crippen molar-refractivity contribution in [3.63, 3.8) is 0 Å². The molecule has 0 heterocycles. The Bertz CT molecular complexity index is 184. The summed E-state index contributed by atoms with van der Waals surface area (Å²) in [6, 6.07) is 0. The molecule has 0 unspecified atom stereocenters. The molecule has 0 bridgehead atoms. The molecule has 0 nitrogen and oxygen atoms in total. The van der Waals surface area contributed by atoms with Crippen LogP contribution in [0, 0.1) is 6.42 Å². The van der Waals surface area contributed by atoms with Gasteiger partial charge in [-0.05, 0) is 44.9 Å². The van der Waals surface area contributed by atoms with Gasteiger partial charge in [0.15, 0.2) is 0 Å². The number of rotatable bonds is 0. The average Bonchev–Trinajstić information content (AvgIpc) is 2.18. The molecule has 0 amide bonds. The van der Waals surface area contributed by atoms with Crippen molar-refractivity contribution in [2.24, 2.45) is 0 Å². The molecule has 0 aromatic rings. The van der Waals surface area contributed by atoms with Crippen molar-refractivity contribution in [1.82, 2.24) is 0 Å². The largest absolute Gasteiger partial charge is 0.0885 e. The van der Waals surface area contributed by atoms with Gasteiger partial charge in [0.05, 0.1) is 0 Å². The molecule has 0 saturated heterocycles. The van der Waals surface area contributed by atoms with E-state index in [-0.39, 0.29) is 0 Å². The van der Waals surface area contributed by atoms with Crippen LogP contribution in [0.25, 0.3) is 0 Å². The highest BCUT2D eigenvalue weighted by Crippen LogP contribution is 2.04. The molecule has 0 aliphatic heterocycles. The Labute approximate surface area is 82.0 Å². The molecule has 1 aliphatic carbocycles. The maximum atomic E-state index is 2.35. The monoisotopic (exact) mass is 175 g/mol. The Hall–Kier alpha value is -0.780. The van der Waals surface area contributed by atoms with E-state index >= 15 is 0 Å². The summed E-state index contributed by atoms with van der Waals surface area (Å²) < 4.78 is 0. The molecule has 1 rings (SSSR count). The lowest BCUT2D eigenvalue weighted by atomic mass is 10.1. The second kappa shape index (κ2) is 7.85. The second-order valence-electron chi connectivity index (χ2n) is 3.36. The van der Waals surface area contributed by atoms with E-state index in [4.69, 9.17) is 0 Å². The third-order valence-electron chi connectivity index (χ3n) is 2.13. The highest BCUT2D eigenvalue weighted by Gasteiger charge is 1.85. The van der Waals surface area contributed by atoms with E-state index in [9.17, 15) is 0 Å². The summed E-state index contributed by atoms with van der Waals surface area (Å²) in [6.45, 7) is 0. The van der Waals surface area contributed by atoms with Crippen LogP contribution >= 0.6 is 0 Å². The average molecular weight is 175 g/mol. The van der Waals surface area contributed by atoms with Crippen molar-refractivity contribution in [2.45, 2.75) is 38.5 Å². The zero-order valence-corrected chi connectivity index (χ0v) is 8.28. The molecule has 1 radical (unpaired) electrons. The van der Waals surface area contributed by atoms with Crippen molar-refractivity contribution in [3.8, 4) is 0 Å². The molecular weight excluding hydrogens is 156 g/mol. The normalized spacial score (nSPS) is 27.7. The van der Waals surface area contributed by atoms with Crippen LogP contribution in [0.2, 0.25) is 0 Å². The standard InChI is InChI=1S/C13H19/c1-2-4-6-8-10-12-13-11-9-7-5-3-1/h1-4,9,12-13H,5-8,10-11H2/b3-1-,4-2+,13-12-. The quantitative estimate of drug-likeness (QED) is 0.484. The fourth-order valence-corrected chi connectivity index (χ4v) is 1.35. The Kier molecular flexibility index (Phi) is 6.22. The van der Waals surface area contributed by atoms with Gasteiger partial charge in [-0.3, -0.25) is 0 Å². The predicted molar refractivity (Wildman–Crippen MR) is 59.4 cm³/mol. The molecule has 0 fully saturated rings. The molecule has 0 spiro atoms. The second-order valence-corrected chi connectivity index (χ2v) is 3.36. The molecule has 0 heteroatoms. The summed E-state index contributed by atoms with van der Waals surface area (Å²) in [4.78, 5) is 0. The molecule has 0 aromatic heterocycles. The fourth-order valence-electron chi connectivity index (χ4n) is 1.35. The van der Waals surface area contributed by atoms with Gasteiger partial charge in [0.1, 0.15) is 0 Å². The van der Waals surface area contributed by atoms with E-state index in [1.807, 2.05) is 0 Å². The first-order valence-electron chi connectivity index (χ1n) is 5.28. The smallest absolute Gasteiger partial charge is 0.0319 e. The Morgan fingerprint density at radius 1 is 0.615 bits per heavy atom. The van der Waals surface area contributed by atoms with E-state index in [2.05, 4.69) is 42.9 Å². The highest BCUT2D eigenvalue weighted by atomic mass is 13.9. The summed E-state index contributed by atoms with van der Waals surface area (Å²) in [7, 11) is 0. The molecule has 1 aliphatic rings. The lowest BCUT2D eigenvalue weighted by Crippen LogP contribution is -1.73. The number of hydrogen-bond acceptors (Lipinski definition) is 0. The van der Waals surface area contributed by atoms with Gasteiger partial charge in [-0.15, -0.1) is 0 Å². The molecule has 0 N–H and O–H groups in total. The molecule has 0 aromatic carbocycles. The Morgan fingerprint density at radius 3 is 2.31 bits per heavy atom. The van der Waals surface area contributed by atoms with Gasteiger partial charge in [0, 0.05) is 0 Å².